The molecule has 1 amide bonds. The Kier molecular flexibility index (Phi) is 9.97. The molecule has 0 aliphatic carbocycles. The molecule has 2 aromatic carbocycles. The quantitative estimate of drug-likeness (QED) is 0.182. The molecule has 1 atom stereocenters. The standard InChI is InChI=1S/C29H38N2O6/c1-6-8-9-18-37-23-15-12-21(19-24(23)36-7-2)26-25(27(32)20-10-13-22(35-5)14-11-20)28(33)29(34)31(26)17-16-30(3)4/h10-15,19,26,32H,6-9,16-18H2,1-5H3/b27-25+. The maximum atomic E-state index is 13.3. The van der Waals surface area contributed by atoms with Crippen LogP contribution in [0.15, 0.2) is 48.0 Å². The minimum absolute atomic E-state index is 0.0491. The van der Waals surface area contributed by atoms with Crippen molar-refractivity contribution in [3.8, 4) is 17.2 Å². The molecule has 1 aliphatic heterocycles. The molecule has 1 heterocycles. The van der Waals surface area contributed by atoms with Crippen LogP contribution in [0.2, 0.25) is 0 Å². The first-order valence-corrected chi connectivity index (χ1v) is 12.8. The van der Waals surface area contributed by atoms with E-state index in [0.717, 1.165) is 19.3 Å². The highest BCUT2D eigenvalue weighted by molar-refractivity contribution is 6.46. The fourth-order valence-corrected chi connectivity index (χ4v) is 4.29. The number of aliphatic hydroxyl groups excluding tert-OH is 1. The zero-order valence-electron chi connectivity index (χ0n) is 22.5. The largest absolute Gasteiger partial charge is 0.507 e. The van der Waals surface area contributed by atoms with Crippen LogP contribution in [-0.2, 0) is 9.59 Å². The topological polar surface area (TPSA) is 88.5 Å². The van der Waals surface area contributed by atoms with Gasteiger partial charge >= 0.3 is 0 Å². The number of carbonyl (C=O) groups is 2. The van der Waals surface area contributed by atoms with Gasteiger partial charge in [0, 0.05) is 18.7 Å². The molecule has 1 aliphatic rings. The molecule has 1 unspecified atom stereocenters. The molecule has 3 rings (SSSR count). The minimum atomic E-state index is -0.768. The van der Waals surface area contributed by atoms with Crippen molar-refractivity contribution in [2.75, 3.05) is 47.5 Å². The summed E-state index contributed by atoms with van der Waals surface area (Å²) < 4.78 is 17.0. The van der Waals surface area contributed by atoms with Gasteiger partial charge in [0.2, 0.25) is 0 Å². The highest BCUT2D eigenvalue weighted by atomic mass is 16.5. The molecule has 8 heteroatoms. The number of rotatable bonds is 13. The second-order valence-electron chi connectivity index (χ2n) is 9.22. The van der Waals surface area contributed by atoms with Crippen molar-refractivity contribution in [2.45, 2.75) is 39.2 Å². The Morgan fingerprint density at radius 3 is 2.35 bits per heavy atom. The maximum absolute atomic E-state index is 13.3. The first kappa shape index (κ1) is 28.1. The molecule has 0 aromatic heterocycles. The number of likely N-dealkylation sites (tertiary alicyclic amines) is 1. The van der Waals surface area contributed by atoms with Crippen LogP contribution in [0.1, 0.15) is 50.3 Å². The Hall–Kier alpha value is -3.52. The molecule has 2 aromatic rings. The minimum Gasteiger partial charge on any atom is -0.507 e. The third-order valence-electron chi connectivity index (χ3n) is 6.28. The van der Waals surface area contributed by atoms with Gasteiger partial charge in [-0.1, -0.05) is 25.8 Å². The highest BCUT2D eigenvalue weighted by Crippen LogP contribution is 2.42. The lowest BCUT2D eigenvalue weighted by Gasteiger charge is -2.27. The summed E-state index contributed by atoms with van der Waals surface area (Å²) in [5, 5.41) is 11.3. The van der Waals surface area contributed by atoms with Gasteiger partial charge in [-0.2, -0.15) is 0 Å². The Morgan fingerprint density at radius 2 is 1.73 bits per heavy atom. The van der Waals surface area contributed by atoms with Crippen LogP contribution in [0.3, 0.4) is 0 Å². The van der Waals surface area contributed by atoms with Crippen LogP contribution >= 0.6 is 0 Å². The van der Waals surface area contributed by atoms with Gasteiger partial charge in [0.15, 0.2) is 11.5 Å². The summed E-state index contributed by atoms with van der Waals surface area (Å²) in [4.78, 5) is 29.9. The number of likely N-dealkylation sites (N-methyl/N-ethyl adjacent to an activating group) is 1. The lowest BCUT2D eigenvalue weighted by atomic mass is 9.95. The highest BCUT2D eigenvalue weighted by Gasteiger charge is 2.46. The van der Waals surface area contributed by atoms with Crippen molar-refractivity contribution in [1.82, 2.24) is 9.80 Å². The predicted molar refractivity (Wildman–Crippen MR) is 143 cm³/mol. The number of carbonyl (C=O) groups excluding carboxylic acids is 2. The number of ketones is 1. The Balaban J connectivity index is 2.08. The lowest BCUT2D eigenvalue weighted by molar-refractivity contribution is -0.140. The van der Waals surface area contributed by atoms with E-state index < -0.39 is 17.7 Å². The number of nitrogens with zero attached hydrogens (tertiary/aromatic N) is 2. The molecule has 8 nitrogen and oxygen atoms in total. The number of hydrogen-bond acceptors (Lipinski definition) is 7. The predicted octanol–water partition coefficient (Wildman–Crippen LogP) is 4.65. The van der Waals surface area contributed by atoms with E-state index in [1.807, 2.05) is 38.1 Å². The fraction of sp³-hybridized carbons (Fsp3) is 0.448. The van der Waals surface area contributed by atoms with Gasteiger partial charge in [-0.05, 0) is 69.4 Å². The SMILES string of the molecule is CCCCCOc1ccc(C2/C(=C(\O)c3ccc(OC)cc3)C(=O)C(=O)N2CCN(C)C)cc1OCC. The van der Waals surface area contributed by atoms with Crippen molar-refractivity contribution in [3.05, 3.63) is 59.2 Å². The molecule has 1 saturated heterocycles. The number of hydrogen-bond donors (Lipinski definition) is 1. The molecular formula is C29H38N2O6. The van der Waals surface area contributed by atoms with Crippen molar-refractivity contribution >= 4 is 17.4 Å². The van der Waals surface area contributed by atoms with Gasteiger partial charge in [0.05, 0.1) is 31.9 Å². The van der Waals surface area contributed by atoms with E-state index in [1.165, 1.54) is 4.90 Å². The molecule has 37 heavy (non-hydrogen) atoms. The number of ether oxygens (including phenoxy) is 3. The van der Waals surface area contributed by atoms with Crippen LogP contribution in [0.5, 0.6) is 17.2 Å². The van der Waals surface area contributed by atoms with E-state index >= 15 is 0 Å². The van der Waals surface area contributed by atoms with Gasteiger partial charge in [-0.15, -0.1) is 0 Å². The fourth-order valence-electron chi connectivity index (χ4n) is 4.29. The summed E-state index contributed by atoms with van der Waals surface area (Å²) in [6.07, 6.45) is 3.12. The van der Waals surface area contributed by atoms with Crippen molar-refractivity contribution in [1.29, 1.82) is 0 Å². The van der Waals surface area contributed by atoms with E-state index in [0.29, 0.717) is 54.7 Å². The molecule has 0 radical (unpaired) electrons. The van der Waals surface area contributed by atoms with Crippen molar-refractivity contribution in [3.63, 3.8) is 0 Å². The number of aliphatic hydroxyl groups is 1. The number of benzene rings is 2. The first-order valence-electron chi connectivity index (χ1n) is 12.8. The third kappa shape index (κ3) is 6.63. The van der Waals surface area contributed by atoms with Gasteiger partial charge in [-0.25, -0.2) is 0 Å². The summed E-state index contributed by atoms with van der Waals surface area (Å²) in [7, 11) is 5.36. The monoisotopic (exact) mass is 510 g/mol. The maximum Gasteiger partial charge on any atom is 0.295 e. The lowest BCUT2D eigenvalue weighted by Crippen LogP contribution is -2.35. The molecule has 0 bridgehead atoms. The summed E-state index contributed by atoms with van der Waals surface area (Å²) in [5.41, 5.74) is 1.14. The smallest absolute Gasteiger partial charge is 0.295 e. The summed E-state index contributed by atoms with van der Waals surface area (Å²) >= 11 is 0. The second kappa shape index (κ2) is 13.1. The number of unbranched alkanes of at least 4 members (excludes halogenated alkanes) is 2. The first-order chi connectivity index (χ1) is 17.8. The average molecular weight is 511 g/mol. The summed E-state index contributed by atoms with van der Waals surface area (Å²) in [6, 6.07) is 11.4. The Morgan fingerprint density at radius 1 is 1.00 bits per heavy atom. The number of Topliss-reactive ketones (excluding diaryl/α,β-unsaturated/α-hetero) is 1. The van der Waals surface area contributed by atoms with Gasteiger partial charge in [0.1, 0.15) is 11.5 Å². The van der Waals surface area contributed by atoms with Crippen molar-refractivity contribution < 1.29 is 28.9 Å². The number of methoxy groups -OCH3 is 1. The van der Waals surface area contributed by atoms with Gasteiger partial charge in [0.25, 0.3) is 11.7 Å². The molecule has 1 fully saturated rings. The Bertz CT molecular complexity index is 1110. The van der Waals surface area contributed by atoms with E-state index in [-0.39, 0.29) is 11.3 Å². The summed E-state index contributed by atoms with van der Waals surface area (Å²) in [5.74, 6) is 0.197. The van der Waals surface area contributed by atoms with Gasteiger partial charge in [-0.3, -0.25) is 9.59 Å². The van der Waals surface area contributed by atoms with E-state index in [1.54, 1.807) is 37.4 Å². The second-order valence-corrected chi connectivity index (χ2v) is 9.22. The van der Waals surface area contributed by atoms with Crippen LogP contribution in [0, 0.1) is 0 Å². The average Bonchev–Trinajstić information content (AvgIpc) is 3.15. The van der Waals surface area contributed by atoms with Crippen LogP contribution in [0.4, 0.5) is 0 Å². The van der Waals surface area contributed by atoms with E-state index in [4.69, 9.17) is 14.2 Å². The zero-order chi connectivity index (χ0) is 26.9. The Labute approximate surface area is 219 Å². The van der Waals surface area contributed by atoms with Crippen LogP contribution < -0.4 is 14.2 Å². The van der Waals surface area contributed by atoms with E-state index in [9.17, 15) is 14.7 Å². The molecule has 0 saturated carbocycles. The van der Waals surface area contributed by atoms with Crippen LogP contribution in [0.25, 0.3) is 5.76 Å². The molecule has 1 N–H and O–H groups in total. The third-order valence-corrected chi connectivity index (χ3v) is 6.28. The number of amides is 1. The molecular weight excluding hydrogens is 472 g/mol. The zero-order valence-corrected chi connectivity index (χ0v) is 22.5. The van der Waals surface area contributed by atoms with E-state index in [2.05, 4.69) is 6.92 Å². The van der Waals surface area contributed by atoms with Gasteiger partial charge < -0.3 is 29.1 Å². The van der Waals surface area contributed by atoms with Crippen molar-refractivity contribution in [2.24, 2.45) is 0 Å². The molecule has 200 valence electrons. The normalized spacial score (nSPS) is 16.9. The summed E-state index contributed by atoms with van der Waals surface area (Å²) in [6.45, 7) is 5.91. The molecule has 0 spiro atoms. The van der Waals surface area contributed by atoms with Crippen LogP contribution in [-0.4, -0.2) is 74.1 Å².